The molecule has 0 unspecified atom stereocenters. The smallest absolute Gasteiger partial charge is 0.273 e. The van der Waals surface area contributed by atoms with Gasteiger partial charge < -0.3 is 10.6 Å². The van der Waals surface area contributed by atoms with Crippen LogP contribution in [0, 0.1) is 0 Å². The molecule has 3 rings (SSSR count). The van der Waals surface area contributed by atoms with Crippen LogP contribution in [0.15, 0.2) is 36.5 Å². The molecule has 1 amide bonds. The first-order chi connectivity index (χ1) is 11.8. The summed E-state index contributed by atoms with van der Waals surface area (Å²) in [4.78, 5) is 12.4. The Bertz CT molecular complexity index is 648. The molecule has 24 heavy (non-hydrogen) atoms. The molecule has 2 aromatic rings. The van der Waals surface area contributed by atoms with Crippen LogP contribution in [0.3, 0.4) is 0 Å². The van der Waals surface area contributed by atoms with Gasteiger partial charge in [-0.3, -0.25) is 4.79 Å². The number of hydrogen-bond donors (Lipinski definition) is 2. The highest BCUT2D eigenvalue weighted by molar-refractivity contribution is 5.91. The van der Waals surface area contributed by atoms with Crippen molar-refractivity contribution in [1.82, 2.24) is 25.6 Å². The zero-order chi connectivity index (χ0) is 16.8. The van der Waals surface area contributed by atoms with Crippen LogP contribution in [0.5, 0.6) is 0 Å². The van der Waals surface area contributed by atoms with Crippen molar-refractivity contribution in [2.45, 2.75) is 38.1 Å². The third-order valence-electron chi connectivity index (χ3n) is 4.70. The van der Waals surface area contributed by atoms with Gasteiger partial charge in [0.25, 0.3) is 5.91 Å². The van der Waals surface area contributed by atoms with Crippen molar-refractivity contribution < 1.29 is 4.79 Å². The predicted octanol–water partition coefficient (Wildman–Crippen LogP) is 2.13. The second kappa shape index (κ2) is 8.06. The summed E-state index contributed by atoms with van der Waals surface area (Å²) in [7, 11) is 0. The molecule has 1 saturated heterocycles. The standard InChI is InChI=1S/C18H25N5O/c1-2-14(15-6-4-3-5-7-15)12-20-18(24)17-13-23(22-21-17)16-8-10-19-11-9-16/h3-7,13-14,16,19H,2,8-12H2,1H3,(H,20,24)/t14-/m1/s1. The zero-order valence-corrected chi connectivity index (χ0v) is 14.1. The van der Waals surface area contributed by atoms with Crippen LogP contribution in [0.4, 0.5) is 0 Å². The average molecular weight is 327 g/mol. The minimum atomic E-state index is -0.149. The molecule has 1 aromatic carbocycles. The number of piperidine rings is 1. The summed E-state index contributed by atoms with van der Waals surface area (Å²) < 4.78 is 1.84. The maximum Gasteiger partial charge on any atom is 0.273 e. The van der Waals surface area contributed by atoms with E-state index in [1.165, 1.54) is 5.56 Å². The minimum Gasteiger partial charge on any atom is -0.350 e. The van der Waals surface area contributed by atoms with Crippen LogP contribution in [0.2, 0.25) is 0 Å². The molecule has 6 nitrogen and oxygen atoms in total. The van der Waals surface area contributed by atoms with E-state index in [1.54, 1.807) is 6.20 Å². The van der Waals surface area contributed by atoms with Crippen molar-refractivity contribution in [3.63, 3.8) is 0 Å². The molecule has 1 fully saturated rings. The summed E-state index contributed by atoms with van der Waals surface area (Å²) in [5, 5.41) is 14.5. The number of nitrogens with one attached hydrogen (secondary N) is 2. The normalized spacial score (nSPS) is 16.7. The van der Waals surface area contributed by atoms with Gasteiger partial charge in [-0.15, -0.1) is 5.10 Å². The fraction of sp³-hybridized carbons (Fsp3) is 0.500. The number of benzene rings is 1. The Hall–Kier alpha value is -2.21. The average Bonchev–Trinajstić information content (AvgIpc) is 3.14. The van der Waals surface area contributed by atoms with E-state index in [0.717, 1.165) is 32.4 Å². The van der Waals surface area contributed by atoms with Crippen molar-refractivity contribution in [3.8, 4) is 0 Å². The van der Waals surface area contributed by atoms with Gasteiger partial charge in [0.2, 0.25) is 0 Å². The molecule has 2 heterocycles. The summed E-state index contributed by atoms with van der Waals surface area (Å²) >= 11 is 0. The maximum atomic E-state index is 12.4. The van der Waals surface area contributed by atoms with Gasteiger partial charge in [0.1, 0.15) is 0 Å². The van der Waals surface area contributed by atoms with Crippen LogP contribution in [0.25, 0.3) is 0 Å². The Morgan fingerprint density at radius 1 is 1.33 bits per heavy atom. The molecule has 0 spiro atoms. The van der Waals surface area contributed by atoms with E-state index in [-0.39, 0.29) is 5.91 Å². The monoisotopic (exact) mass is 327 g/mol. The van der Waals surface area contributed by atoms with Crippen molar-refractivity contribution in [3.05, 3.63) is 47.8 Å². The molecule has 128 valence electrons. The third kappa shape index (κ3) is 4.00. The topological polar surface area (TPSA) is 71.8 Å². The summed E-state index contributed by atoms with van der Waals surface area (Å²) in [6.07, 6.45) is 4.80. The van der Waals surface area contributed by atoms with E-state index in [9.17, 15) is 4.79 Å². The van der Waals surface area contributed by atoms with Crippen molar-refractivity contribution in [1.29, 1.82) is 0 Å². The fourth-order valence-corrected chi connectivity index (χ4v) is 3.16. The summed E-state index contributed by atoms with van der Waals surface area (Å²) in [6, 6.07) is 10.6. The second-order valence-electron chi connectivity index (χ2n) is 6.29. The van der Waals surface area contributed by atoms with Gasteiger partial charge in [0.15, 0.2) is 5.69 Å². The molecular formula is C18H25N5O. The molecule has 2 N–H and O–H groups in total. The maximum absolute atomic E-state index is 12.4. The van der Waals surface area contributed by atoms with E-state index in [4.69, 9.17) is 0 Å². The van der Waals surface area contributed by atoms with Gasteiger partial charge in [-0.1, -0.05) is 42.5 Å². The molecule has 0 saturated carbocycles. The molecule has 1 atom stereocenters. The first-order valence-corrected chi connectivity index (χ1v) is 8.73. The number of aromatic nitrogens is 3. The largest absolute Gasteiger partial charge is 0.350 e. The second-order valence-corrected chi connectivity index (χ2v) is 6.29. The number of carbonyl (C=O) groups excluding carboxylic acids is 1. The molecule has 1 aliphatic rings. The highest BCUT2D eigenvalue weighted by Crippen LogP contribution is 2.19. The van der Waals surface area contributed by atoms with Gasteiger partial charge >= 0.3 is 0 Å². The summed E-state index contributed by atoms with van der Waals surface area (Å²) in [5.41, 5.74) is 1.65. The zero-order valence-electron chi connectivity index (χ0n) is 14.1. The molecule has 6 heteroatoms. The first kappa shape index (κ1) is 16.6. The fourth-order valence-electron chi connectivity index (χ4n) is 3.16. The molecular weight excluding hydrogens is 302 g/mol. The molecule has 0 aliphatic carbocycles. The Kier molecular flexibility index (Phi) is 5.59. The number of hydrogen-bond acceptors (Lipinski definition) is 4. The molecule has 0 radical (unpaired) electrons. The number of carbonyl (C=O) groups is 1. The lowest BCUT2D eigenvalue weighted by Crippen LogP contribution is -2.30. The van der Waals surface area contributed by atoms with E-state index in [2.05, 4.69) is 40.0 Å². The van der Waals surface area contributed by atoms with Gasteiger partial charge in [-0.25, -0.2) is 4.68 Å². The van der Waals surface area contributed by atoms with Crippen LogP contribution in [-0.2, 0) is 0 Å². The van der Waals surface area contributed by atoms with Crippen molar-refractivity contribution in [2.75, 3.05) is 19.6 Å². The quantitative estimate of drug-likeness (QED) is 0.852. The van der Waals surface area contributed by atoms with Gasteiger partial charge in [0, 0.05) is 12.5 Å². The summed E-state index contributed by atoms with van der Waals surface area (Å²) in [5.74, 6) is 0.166. The Labute approximate surface area is 142 Å². The van der Waals surface area contributed by atoms with Gasteiger partial charge in [0.05, 0.1) is 12.2 Å². The van der Waals surface area contributed by atoms with E-state index in [1.807, 2.05) is 22.9 Å². The number of rotatable bonds is 6. The van der Waals surface area contributed by atoms with Crippen LogP contribution in [0.1, 0.15) is 54.2 Å². The Balaban J connectivity index is 1.57. The Morgan fingerprint density at radius 3 is 2.79 bits per heavy atom. The van der Waals surface area contributed by atoms with E-state index < -0.39 is 0 Å². The van der Waals surface area contributed by atoms with Crippen molar-refractivity contribution in [2.24, 2.45) is 0 Å². The van der Waals surface area contributed by atoms with Gasteiger partial charge in [-0.05, 0) is 37.9 Å². The van der Waals surface area contributed by atoms with Crippen molar-refractivity contribution >= 4 is 5.91 Å². The SMILES string of the molecule is CC[C@H](CNC(=O)c1cn(C2CCNCC2)nn1)c1ccccc1. The molecule has 1 aliphatic heterocycles. The van der Waals surface area contributed by atoms with Crippen LogP contribution >= 0.6 is 0 Å². The predicted molar refractivity (Wildman–Crippen MR) is 93.0 cm³/mol. The lowest BCUT2D eigenvalue weighted by molar-refractivity contribution is 0.0946. The summed E-state index contributed by atoms with van der Waals surface area (Å²) in [6.45, 7) is 4.72. The van der Waals surface area contributed by atoms with Crippen LogP contribution in [-0.4, -0.2) is 40.5 Å². The highest BCUT2D eigenvalue weighted by atomic mass is 16.2. The van der Waals surface area contributed by atoms with Crippen LogP contribution < -0.4 is 10.6 Å². The first-order valence-electron chi connectivity index (χ1n) is 8.73. The van der Waals surface area contributed by atoms with E-state index in [0.29, 0.717) is 24.2 Å². The number of nitrogens with zero attached hydrogens (tertiary/aromatic N) is 3. The van der Waals surface area contributed by atoms with Gasteiger partial charge in [-0.2, -0.15) is 0 Å². The lowest BCUT2D eigenvalue weighted by Gasteiger charge is -2.22. The van der Waals surface area contributed by atoms with E-state index >= 15 is 0 Å². The molecule has 1 aromatic heterocycles. The Morgan fingerprint density at radius 2 is 2.08 bits per heavy atom. The minimum absolute atomic E-state index is 0.149. The number of amides is 1. The lowest BCUT2D eigenvalue weighted by atomic mass is 9.96. The third-order valence-corrected chi connectivity index (χ3v) is 4.70. The molecule has 0 bridgehead atoms. The highest BCUT2D eigenvalue weighted by Gasteiger charge is 2.19.